The first-order valence-corrected chi connectivity index (χ1v) is 10.3. The van der Waals surface area contributed by atoms with Crippen molar-refractivity contribution in [3.05, 3.63) is 69.8 Å². The second-order valence-electron chi connectivity index (χ2n) is 6.48. The molecule has 1 aliphatic rings. The Hall–Kier alpha value is -2.87. The maximum absolute atomic E-state index is 13.1. The van der Waals surface area contributed by atoms with E-state index in [1.165, 1.54) is 24.3 Å². The average Bonchev–Trinajstić information content (AvgIpc) is 3.14. The van der Waals surface area contributed by atoms with E-state index in [1.807, 2.05) is 30.5 Å². The van der Waals surface area contributed by atoms with E-state index in [2.05, 4.69) is 5.32 Å². The number of anilines is 1. The molecular weight excluding hydrogens is 378 g/mol. The van der Waals surface area contributed by atoms with E-state index in [-0.39, 0.29) is 17.2 Å². The number of amides is 2. The molecule has 0 bridgehead atoms. The molecule has 146 valence electrons. The second-order valence-corrected chi connectivity index (χ2v) is 7.47. The van der Waals surface area contributed by atoms with Crippen LogP contribution in [0.3, 0.4) is 0 Å². The number of nitrogens with zero attached hydrogens (tertiary/aromatic N) is 2. The molecule has 1 N–H and O–H groups in total. The van der Waals surface area contributed by atoms with Crippen LogP contribution >= 0.6 is 11.8 Å². The van der Waals surface area contributed by atoms with Crippen LogP contribution in [0.2, 0.25) is 0 Å². The topological polar surface area (TPSA) is 92.5 Å². The molecule has 1 heterocycles. The zero-order chi connectivity index (χ0) is 20.1. The van der Waals surface area contributed by atoms with Crippen LogP contribution in [0.25, 0.3) is 0 Å². The fourth-order valence-corrected chi connectivity index (χ4v) is 3.72. The van der Waals surface area contributed by atoms with Crippen LogP contribution in [-0.2, 0) is 11.2 Å². The van der Waals surface area contributed by atoms with Crippen LogP contribution in [0.1, 0.15) is 22.3 Å². The number of carbonyl (C=O) groups is 2. The van der Waals surface area contributed by atoms with Gasteiger partial charge in [0.15, 0.2) is 0 Å². The van der Waals surface area contributed by atoms with E-state index < -0.39 is 16.9 Å². The molecule has 0 aliphatic carbocycles. The third-order valence-electron chi connectivity index (χ3n) is 4.69. The molecule has 0 saturated carbocycles. The van der Waals surface area contributed by atoms with Crippen LogP contribution in [0, 0.1) is 10.1 Å². The number of hydrogen-bond donors (Lipinski definition) is 1. The van der Waals surface area contributed by atoms with Crippen molar-refractivity contribution < 1.29 is 14.5 Å². The quantitative estimate of drug-likeness (QED) is 0.571. The van der Waals surface area contributed by atoms with E-state index in [0.717, 1.165) is 17.7 Å². The normalized spacial score (nSPS) is 13.7. The van der Waals surface area contributed by atoms with Crippen molar-refractivity contribution in [1.29, 1.82) is 0 Å². The van der Waals surface area contributed by atoms with Gasteiger partial charge < -0.3 is 10.2 Å². The monoisotopic (exact) mass is 399 g/mol. The zero-order valence-electron chi connectivity index (χ0n) is 15.5. The Morgan fingerprint density at radius 3 is 2.79 bits per heavy atom. The number of nitro groups is 1. The molecule has 0 spiro atoms. The molecule has 1 aliphatic heterocycles. The molecule has 1 unspecified atom stereocenters. The van der Waals surface area contributed by atoms with Crippen molar-refractivity contribution in [2.75, 3.05) is 23.5 Å². The summed E-state index contributed by atoms with van der Waals surface area (Å²) in [4.78, 5) is 37.9. The highest BCUT2D eigenvalue weighted by atomic mass is 32.2. The van der Waals surface area contributed by atoms with Gasteiger partial charge in [-0.05, 0) is 42.5 Å². The lowest BCUT2D eigenvalue weighted by molar-refractivity contribution is -0.384. The van der Waals surface area contributed by atoms with Gasteiger partial charge in [-0.1, -0.05) is 24.3 Å². The van der Waals surface area contributed by atoms with Crippen LogP contribution in [-0.4, -0.2) is 41.3 Å². The van der Waals surface area contributed by atoms with Gasteiger partial charge >= 0.3 is 0 Å². The number of benzene rings is 2. The Bertz CT molecular complexity index is 903. The predicted octanol–water partition coefficient (Wildman–Crippen LogP) is 3.04. The van der Waals surface area contributed by atoms with Gasteiger partial charge in [-0.2, -0.15) is 11.8 Å². The molecule has 2 amide bonds. The maximum Gasteiger partial charge on any atom is 0.270 e. The van der Waals surface area contributed by atoms with Crippen molar-refractivity contribution in [3.8, 4) is 0 Å². The molecule has 0 radical (unpaired) electrons. The molecule has 2 aromatic rings. The van der Waals surface area contributed by atoms with Gasteiger partial charge in [0.2, 0.25) is 5.91 Å². The van der Waals surface area contributed by atoms with E-state index in [4.69, 9.17) is 0 Å². The first-order valence-electron chi connectivity index (χ1n) is 8.95. The van der Waals surface area contributed by atoms with Gasteiger partial charge in [0, 0.05) is 29.9 Å². The van der Waals surface area contributed by atoms with E-state index in [0.29, 0.717) is 18.7 Å². The lowest BCUT2D eigenvalue weighted by atomic mass is 10.1. The van der Waals surface area contributed by atoms with Crippen molar-refractivity contribution >= 4 is 35.0 Å². The largest absolute Gasteiger partial charge is 0.340 e. The summed E-state index contributed by atoms with van der Waals surface area (Å²) in [7, 11) is 0. The standard InChI is InChI=1S/C20H21N3O4S/c1-28-12-10-17(20(25)22-11-9-14-5-2-3-8-18(14)22)21-19(24)15-6-4-7-16(13-15)23(26)27/h2-8,13,17H,9-12H2,1H3,(H,21,24). The molecule has 8 heteroatoms. The van der Waals surface area contributed by atoms with Crippen molar-refractivity contribution in [1.82, 2.24) is 5.32 Å². The number of hydrogen-bond acceptors (Lipinski definition) is 5. The fraction of sp³-hybridized carbons (Fsp3) is 0.300. The van der Waals surface area contributed by atoms with Crippen LogP contribution in [0.5, 0.6) is 0 Å². The van der Waals surface area contributed by atoms with Crippen LogP contribution in [0.15, 0.2) is 48.5 Å². The molecular formula is C20H21N3O4S. The Labute approximate surface area is 167 Å². The molecule has 3 rings (SSSR count). The summed E-state index contributed by atoms with van der Waals surface area (Å²) in [5.74, 6) is 0.0645. The number of nitrogens with one attached hydrogen (secondary N) is 1. The number of thioether (sulfide) groups is 1. The van der Waals surface area contributed by atoms with Gasteiger partial charge in [-0.25, -0.2) is 0 Å². The summed E-state index contributed by atoms with van der Waals surface area (Å²) in [5.41, 5.74) is 2.00. The lowest BCUT2D eigenvalue weighted by Gasteiger charge is -2.25. The van der Waals surface area contributed by atoms with E-state index in [1.54, 1.807) is 16.7 Å². The molecule has 0 fully saturated rings. The smallest absolute Gasteiger partial charge is 0.270 e. The number of non-ortho nitro benzene ring substituents is 1. The average molecular weight is 399 g/mol. The number of fused-ring (bicyclic) bond motifs is 1. The Balaban J connectivity index is 1.79. The van der Waals surface area contributed by atoms with Crippen LogP contribution in [0.4, 0.5) is 11.4 Å². The van der Waals surface area contributed by atoms with Gasteiger partial charge in [0.05, 0.1) is 4.92 Å². The number of carbonyl (C=O) groups excluding carboxylic acids is 2. The SMILES string of the molecule is CSCCC(NC(=O)c1cccc([N+](=O)[O-])c1)C(=O)N1CCc2ccccc21. The summed E-state index contributed by atoms with van der Waals surface area (Å²) < 4.78 is 0. The first kappa shape index (κ1) is 19.9. The molecule has 2 aromatic carbocycles. The first-order chi connectivity index (χ1) is 13.5. The van der Waals surface area contributed by atoms with Gasteiger partial charge in [-0.15, -0.1) is 0 Å². The number of rotatable bonds is 7. The van der Waals surface area contributed by atoms with E-state index >= 15 is 0 Å². The summed E-state index contributed by atoms with van der Waals surface area (Å²) >= 11 is 1.59. The summed E-state index contributed by atoms with van der Waals surface area (Å²) in [6.45, 7) is 0.584. The van der Waals surface area contributed by atoms with E-state index in [9.17, 15) is 19.7 Å². The second kappa shape index (κ2) is 8.88. The van der Waals surface area contributed by atoms with Gasteiger partial charge in [-0.3, -0.25) is 19.7 Å². The third-order valence-corrected chi connectivity index (χ3v) is 5.33. The zero-order valence-corrected chi connectivity index (χ0v) is 16.3. The summed E-state index contributed by atoms with van der Waals surface area (Å²) in [6, 6.07) is 12.6. The maximum atomic E-state index is 13.1. The highest BCUT2D eigenvalue weighted by molar-refractivity contribution is 7.98. The number of nitro benzene ring substituents is 1. The summed E-state index contributed by atoms with van der Waals surface area (Å²) in [6.07, 6.45) is 3.21. The molecule has 0 saturated heterocycles. The van der Waals surface area contributed by atoms with Crippen molar-refractivity contribution in [2.24, 2.45) is 0 Å². The van der Waals surface area contributed by atoms with Gasteiger partial charge in [0.25, 0.3) is 11.6 Å². The lowest BCUT2D eigenvalue weighted by Crippen LogP contribution is -2.48. The molecule has 7 nitrogen and oxygen atoms in total. The summed E-state index contributed by atoms with van der Waals surface area (Å²) in [5, 5.41) is 13.7. The predicted molar refractivity (Wildman–Crippen MR) is 110 cm³/mol. The van der Waals surface area contributed by atoms with Crippen molar-refractivity contribution in [3.63, 3.8) is 0 Å². The molecule has 28 heavy (non-hydrogen) atoms. The Morgan fingerprint density at radius 1 is 1.25 bits per heavy atom. The Kier molecular flexibility index (Phi) is 6.30. The highest BCUT2D eigenvalue weighted by Gasteiger charge is 2.31. The minimum Gasteiger partial charge on any atom is -0.340 e. The Morgan fingerprint density at radius 2 is 2.04 bits per heavy atom. The molecule has 1 atom stereocenters. The van der Waals surface area contributed by atoms with Crippen molar-refractivity contribution in [2.45, 2.75) is 18.9 Å². The fourth-order valence-electron chi connectivity index (χ4n) is 3.25. The van der Waals surface area contributed by atoms with Crippen LogP contribution < -0.4 is 10.2 Å². The molecule has 0 aromatic heterocycles. The minimum absolute atomic E-state index is 0.155. The number of para-hydroxylation sites is 1. The third kappa shape index (κ3) is 4.33. The highest BCUT2D eigenvalue weighted by Crippen LogP contribution is 2.28. The minimum atomic E-state index is -0.689. The van der Waals surface area contributed by atoms with Gasteiger partial charge in [0.1, 0.15) is 6.04 Å².